The van der Waals surface area contributed by atoms with Crippen molar-refractivity contribution in [3.05, 3.63) is 24.3 Å². The molecule has 3 rings (SSSR count). The van der Waals surface area contributed by atoms with Crippen molar-refractivity contribution in [3.8, 4) is 11.5 Å². The van der Waals surface area contributed by atoms with E-state index in [1.165, 1.54) is 25.7 Å². The van der Waals surface area contributed by atoms with E-state index in [0.29, 0.717) is 6.61 Å². The Kier molecular flexibility index (Phi) is 4.39. The molecule has 2 fully saturated rings. The maximum absolute atomic E-state index is 10.3. The SMILES string of the molecule is CCOc1ccc(OC2CC(O)C23CCCCCC3)cc1. The maximum atomic E-state index is 10.3. The molecular weight excluding hydrogens is 264 g/mol. The molecule has 0 amide bonds. The lowest BCUT2D eigenvalue weighted by molar-refractivity contribution is -0.163. The summed E-state index contributed by atoms with van der Waals surface area (Å²) in [5, 5.41) is 10.3. The summed E-state index contributed by atoms with van der Waals surface area (Å²) in [6, 6.07) is 7.85. The summed E-state index contributed by atoms with van der Waals surface area (Å²) in [6.45, 7) is 2.66. The minimum atomic E-state index is -0.178. The monoisotopic (exact) mass is 290 g/mol. The smallest absolute Gasteiger partial charge is 0.120 e. The molecule has 2 aliphatic rings. The third kappa shape index (κ3) is 2.89. The van der Waals surface area contributed by atoms with E-state index < -0.39 is 0 Å². The maximum Gasteiger partial charge on any atom is 0.120 e. The van der Waals surface area contributed by atoms with Crippen LogP contribution in [0.25, 0.3) is 0 Å². The molecule has 0 saturated heterocycles. The molecule has 21 heavy (non-hydrogen) atoms. The second kappa shape index (κ2) is 6.27. The quantitative estimate of drug-likeness (QED) is 0.913. The number of hydrogen-bond acceptors (Lipinski definition) is 3. The number of ether oxygens (including phenoxy) is 2. The topological polar surface area (TPSA) is 38.7 Å². The van der Waals surface area contributed by atoms with Crippen LogP contribution in [0.4, 0.5) is 0 Å². The fourth-order valence-corrected chi connectivity index (χ4v) is 3.88. The van der Waals surface area contributed by atoms with Crippen molar-refractivity contribution in [2.75, 3.05) is 6.61 Å². The van der Waals surface area contributed by atoms with Crippen LogP contribution < -0.4 is 9.47 Å². The second-order valence-electron chi connectivity index (χ2n) is 6.41. The molecule has 1 N–H and O–H groups in total. The zero-order chi connectivity index (χ0) is 14.7. The van der Waals surface area contributed by atoms with Gasteiger partial charge in [-0.2, -0.15) is 0 Å². The summed E-state index contributed by atoms with van der Waals surface area (Å²) < 4.78 is 11.6. The molecule has 2 atom stereocenters. The Labute approximate surface area is 127 Å². The number of aliphatic hydroxyl groups excluding tert-OH is 1. The Hall–Kier alpha value is -1.22. The lowest BCUT2D eigenvalue weighted by Crippen LogP contribution is -2.59. The molecule has 0 radical (unpaired) electrons. The van der Waals surface area contributed by atoms with Crippen molar-refractivity contribution >= 4 is 0 Å². The highest BCUT2D eigenvalue weighted by atomic mass is 16.5. The van der Waals surface area contributed by atoms with Crippen LogP contribution in [0.3, 0.4) is 0 Å². The van der Waals surface area contributed by atoms with Gasteiger partial charge < -0.3 is 14.6 Å². The van der Waals surface area contributed by atoms with Crippen molar-refractivity contribution in [1.82, 2.24) is 0 Å². The van der Waals surface area contributed by atoms with E-state index in [1.54, 1.807) is 0 Å². The van der Waals surface area contributed by atoms with E-state index >= 15 is 0 Å². The predicted octanol–water partition coefficient (Wildman–Crippen LogP) is 3.94. The van der Waals surface area contributed by atoms with Crippen molar-refractivity contribution in [1.29, 1.82) is 0 Å². The molecular formula is C18H26O3. The van der Waals surface area contributed by atoms with E-state index in [2.05, 4.69) is 0 Å². The summed E-state index contributed by atoms with van der Waals surface area (Å²) in [5.74, 6) is 1.77. The van der Waals surface area contributed by atoms with Gasteiger partial charge >= 0.3 is 0 Å². The van der Waals surface area contributed by atoms with Gasteiger partial charge in [0.05, 0.1) is 12.7 Å². The van der Waals surface area contributed by atoms with Crippen LogP contribution >= 0.6 is 0 Å². The van der Waals surface area contributed by atoms with Crippen LogP contribution in [-0.4, -0.2) is 23.9 Å². The van der Waals surface area contributed by atoms with Crippen molar-refractivity contribution < 1.29 is 14.6 Å². The van der Waals surface area contributed by atoms with Gasteiger partial charge in [-0.25, -0.2) is 0 Å². The van der Waals surface area contributed by atoms with Gasteiger partial charge in [-0.05, 0) is 44.0 Å². The van der Waals surface area contributed by atoms with Gasteiger partial charge in [0.15, 0.2) is 0 Å². The largest absolute Gasteiger partial charge is 0.494 e. The summed E-state index contributed by atoms with van der Waals surface area (Å²) in [7, 11) is 0. The first-order valence-electron chi connectivity index (χ1n) is 8.32. The molecule has 3 nitrogen and oxygen atoms in total. The highest BCUT2D eigenvalue weighted by molar-refractivity contribution is 5.32. The van der Waals surface area contributed by atoms with E-state index in [4.69, 9.17) is 9.47 Å². The van der Waals surface area contributed by atoms with Gasteiger partial charge in [0.25, 0.3) is 0 Å². The molecule has 116 valence electrons. The first kappa shape index (κ1) is 14.7. The predicted molar refractivity (Wildman–Crippen MR) is 82.8 cm³/mol. The molecule has 1 aromatic rings. The summed E-state index contributed by atoms with van der Waals surface area (Å²) in [5.41, 5.74) is 0.00902. The van der Waals surface area contributed by atoms with Crippen LogP contribution in [-0.2, 0) is 0 Å². The minimum Gasteiger partial charge on any atom is -0.494 e. The summed E-state index contributed by atoms with van der Waals surface area (Å²) in [4.78, 5) is 0. The molecule has 0 heterocycles. The first-order valence-corrected chi connectivity index (χ1v) is 8.32. The van der Waals surface area contributed by atoms with E-state index in [9.17, 15) is 5.11 Å². The zero-order valence-electron chi connectivity index (χ0n) is 12.9. The molecule has 0 aromatic heterocycles. The van der Waals surface area contributed by atoms with E-state index in [0.717, 1.165) is 30.8 Å². The average Bonchev–Trinajstić information content (AvgIpc) is 2.77. The first-order chi connectivity index (χ1) is 10.2. The summed E-state index contributed by atoms with van der Waals surface area (Å²) in [6.07, 6.45) is 8.01. The Morgan fingerprint density at radius 1 is 1.05 bits per heavy atom. The Morgan fingerprint density at radius 3 is 2.24 bits per heavy atom. The van der Waals surface area contributed by atoms with Gasteiger partial charge in [-0.15, -0.1) is 0 Å². The van der Waals surface area contributed by atoms with Crippen LogP contribution in [0.1, 0.15) is 51.9 Å². The second-order valence-corrected chi connectivity index (χ2v) is 6.41. The van der Waals surface area contributed by atoms with Crippen LogP contribution in [0.2, 0.25) is 0 Å². The van der Waals surface area contributed by atoms with Gasteiger partial charge in [-0.3, -0.25) is 0 Å². The van der Waals surface area contributed by atoms with Crippen molar-refractivity contribution in [2.24, 2.45) is 5.41 Å². The normalized spacial score (nSPS) is 27.7. The van der Waals surface area contributed by atoms with Gasteiger partial charge in [-0.1, -0.05) is 25.7 Å². The molecule has 0 bridgehead atoms. The molecule has 1 aromatic carbocycles. The molecule has 1 spiro atoms. The average molecular weight is 290 g/mol. The van der Waals surface area contributed by atoms with Crippen molar-refractivity contribution in [2.45, 2.75) is 64.1 Å². The zero-order valence-corrected chi connectivity index (χ0v) is 12.9. The lowest BCUT2D eigenvalue weighted by Gasteiger charge is -2.53. The van der Waals surface area contributed by atoms with Crippen LogP contribution in [0.15, 0.2) is 24.3 Å². The molecule has 2 aliphatic carbocycles. The van der Waals surface area contributed by atoms with Gasteiger partial charge in [0.1, 0.15) is 17.6 Å². The number of hydrogen-bond donors (Lipinski definition) is 1. The Balaban J connectivity index is 1.66. The number of benzene rings is 1. The fraction of sp³-hybridized carbons (Fsp3) is 0.667. The van der Waals surface area contributed by atoms with Crippen LogP contribution in [0, 0.1) is 5.41 Å². The summed E-state index contributed by atoms with van der Waals surface area (Å²) >= 11 is 0. The standard InChI is InChI=1S/C18H26O3/c1-2-20-14-7-9-15(10-8-14)21-17-13-16(19)18(17)11-5-3-4-6-12-18/h7-10,16-17,19H,2-6,11-13H2,1H3. The van der Waals surface area contributed by atoms with Gasteiger partial charge in [0, 0.05) is 11.8 Å². The van der Waals surface area contributed by atoms with Gasteiger partial charge in [0.2, 0.25) is 0 Å². The highest BCUT2D eigenvalue weighted by Crippen LogP contribution is 2.52. The van der Waals surface area contributed by atoms with E-state index in [1.807, 2.05) is 31.2 Å². The fourth-order valence-electron chi connectivity index (χ4n) is 3.88. The highest BCUT2D eigenvalue weighted by Gasteiger charge is 2.55. The molecule has 2 unspecified atom stereocenters. The minimum absolute atomic E-state index is 0.00902. The Morgan fingerprint density at radius 2 is 1.67 bits per heavy atom. The molecule has 2 saturated carbocycles. The molecule has 0 aliphatic heterocycles. The molecule has 3 heteroatoms. The van der Waals surface area contributed by atoms with Crippen molar-refractivity contribution in [3.63, 3.8) is 0 Å². The lowest BCUT2D eigenvalue weighted by atomic mass is 9.59. The third-order valence-electron chi connectivity index (χ3n) is 5.19. The Bertz CT molecular complexity index is 446. The number of rotatable bonds is 4. The van der Waals surface area contributed by atoms with Crippen LogP contribution in [0.5, 0.6) is 11.5 Å². The van der Waals surface area contributed by atoms with E-state index in [-0.39, 0.29) is 17.6 Å². The number of aliphatic hydroxyl groups is 1. The third-order valence-corrected chi connectivity index (χ3v) is 5.19.